The summed E-state index contributed by atoms with van der Waals surface area (Å²) in [4.78, 5) is 36.8. The topological polar surface area (TPSA) is 114 Å². The van der Waals surface area contributed by atoms with E-state index in [9.17, 15) is 23.9 Å². The van der Waals surface area contributed by atoms with Crippen LogP contribution in [0.2, 0.25) is 0 Å². The summed E-state index contributed by atoms with van der Waals surface area (Å²) in [6, 6.07) is 13.6. The second kappa shape index (κ2) is 12.3. The number of ether oxygens (including phenoxy) is 2. The van der Waals surface area contributed by atoms with Gasteiger partial charge in [-0.25, -0.2) is 18.8 Å². The molecule has 0 aromatic heterocycles. The van der Waals surface area contributed by atoms with Gasteiger partial charge in [-0.3, -0.25) is 0 Å². The number of carbonyl (C=O) groups is 3. The zero-order valence-electron chi connectivity index (χ0n) is 23.2. The molecule has 0 heterocycles. The van der Waals surface area contributed by atoms with Crippen molar-refractivity contribution in [3.05, 3.63) is 71.0 Å². The van der Waals surface area contributed by atoms with Crippen molar-refractivity contribution >= 4 is 18.2 Å². The van der Waals surface area contributed by atoms with Crippen LogP contribution in [0.25, 0.3) is 0 Å². The number of carboxylic acids is 1. The lowest BCUT2D eigenvalue weighted by atomic mass is 9.90. The van der Waals surface area contributed by atoms with Gasteiger partial charge in [0.2, 0.25) is 0 Å². The fraction of sp³-hybridized carbons (Fsp3) is 0.483. The highest BCUT2D eigenvalue weighted by Crippen LogP contribution is 2.24. The summed E-state index contributed by atoms with van der Waals surface area (Å²) >= 11 is 0. The summed E-state index contributed by atoms with van der Waals surface area (Å²) in [5, 5.41) is 15.1. The molecule has 0 aliphatic heterocycles. The largest absolute Gasteiger partial charge is 0.480 e. The number of aliphatic carboxylic acids is 1. The Labute approximate surface area is 223 Å². The van der Waals surface area contributed by atoms with Gasteiger partial charge in [0.05, 0.1) is 6.04 Å². The molecule has 2 amide bonds. The molecule has 0 aliphatic carbocycles. The number of hydrogen-bond donors (Lipinski definition) is 3. The Bertz CT molecular complexity index is 1120. The van der Waals surface area contributed by atoms with Crippen molar-refractivity contribution < 1.29 is 33.4 Å². The number of carbonyl (C=O) groups excluding carboxylic acids is 2. The molecule has 0 fully saturated rings. The van der Waals surface area contributed by atoms with Crippen LogP contribution in [0.5, 0.6) is 0 Å². The molecular formula is C29H39FN2O6. The van der Waals surface area contributed by atoms with E-state index < -0.39 is 40.7 Å². The van der Waals surface area contributed by atoms with Crippen molar-refractivity contribution in [2.75, 3.05) is 0 Å². The first-order valence-corrected chi connectivity index (χ1v) is 12.5. The van der Waals surface area contributed by atoms with Crippen LogP contribution in [0.4, 0.5) is 14.0 Å². The number of nitrogens with one attached hydrogen (secondary N) is 2. The van der Waals surface area contributed by atoms with Crippen molar-refractivity contribution in [2.45, 2.75) is 90.5 Å². The van der Waals surface area contributed by atoms with E-state index in [1.165, 1.54) is 13.0 Å². The molecule has 0 saturated carbocycles. The van der Waals surface area contributed by atoms with Crippen molar-refractivity contribution in [1.82, 2.24) is 10.6 Å². The van der Waals surface area contributed by atoms with Gasteiger partial charge in [-0.1, -0.05) is 42.5 Å². The predicted molar refractivity (Wildman–Crippen MR) is 142 cm³/mol. The summed E-state index contributed by atoms with van der Waals surface area (Å²) < 4.78 is 25.4. The first-order chi connectivity index (χ1) is 17.5. The number of amides is 2. The highest BCUT2D eigenvalue weighted by atomic mass is 19.1. The highest BCUT2D eigenvalue weighted by molar-refractivity contribution is 5.84. The molecule has 2 aromatic rings. The van der Waals surface area contributed by atoms with Crippen LogP contribution in [-0.4, -0.2) is 40.0 Å². The van der Waals surface area contributed by atoms with Crippen molar-refractivity contribution in [2.24, 2.45) is 0 Å². The fourth-order valence-corrected chi connectivity index (χ4v) is 3.77. The standard InChI is InChI=1S/C29H39FN2O6/c1-27(2,3)37-25(35)31-23(20-11-9-8-10-12-20)16-14-19-13-15-22(30)21(17-19)18-29(7,24(33)34)32-26(36)38-28(4,5)6/h8-13,15,17,23H,14,16,18H2,1-7H3,(H,31,35)(H,32,36)(H,33,34). The lowest BCUT2D eigenvalue weighted by Gasteiger charge is -2.29. The Hall–Kier alpha value is -3.62. The van der Waals surface area contributed by atoms with Crippen molar-refractivity contribution in [3.8, 4) is 0 Å². The van der Waals surface area contributed by atoms with E-state index in [0.717, 1.165) is 11.1 Å². The third-order valence-electron chi connectivity index (χ3n) is 5.52. The van der Waals surface area contributed by atoms with Crippen molar-refractivity contribution in [3.63, 3.8) is 0 Å². The van der Waals surface area contributed by atoms with Crippen LogP contribution in [0.3, 0.4) is 0 Å². The molecule has 208 valence electrons. The van der Waals surface area contributed by atoms with Gasteiger partial charge in [-0.15, -0.1) is 0 Å². The molecule has 0 aliphatic rings. The van der Waals surface area contributed by atoms with Gasteiger partial charge < -0.3 is 25.2 Å². The summed E-state index contributed by atoms with van der Waals surface area (Å²) in [6.45, 7) is 11.6. The maximum absolute atomic E-state index is 14.8. The second-order valence-electron chi connectivity index (χ2n) is 11.5. The Morgan fingerprint density at radius 1 is 0.895 bits per heavy atom. The molecule has 2 aromatic carbocycles. The van der Waals surface area contributed by atoms with Gasteiger partial charge in [-0.2, -0.15) is 0 Å². The molecule has 2 rings (SSSR count). The van der Waals surface area contributed by atoms with Gasteiger partial charge in [0, 0.05) is 6.42 Å². The minimum atomic E-state index is -1.80. The fourth-order valence-electron chi connectivity index (χ4n) is 3.77. The van der Waals surface area contributed by atoms with E-state index in [2.05, 4.69) is 10.6 Å². The van der Waals surface area contributed by atoms with Gasteiger partial charge in [0.1, 0.15) is 22.6 Å². The Morgan fingerprint density at radius 2 is 1.47 bits per heavy atom. The molecule has 9 heteroatoms. The Kier molecular flexibility index (Phi) is 9.89. The molecule has 0 radical (unpaired) electrons. The SMILES string of the molecule is CC(C)(C)OC(=O)NC(CCc1ccc(F)c(CC(C)(NC(=O)OC(C)(C)C)C(=O)O)c1)c1ccccc1. The first kappa shape index (κ1) is 30.6. The number of aryl methyl sites for hydroxylation is 1. The highest BCUT2D eigenvalue weighted by Gasteiger charge is 2.37. The van der Waals surface area contributed by atoms with E-state index in [0.29, 0.717) is 12.8 Å². The Morgan fingerprint density at radius 3 is 2.03 bits per heavy atom. The monoisotopic (exact) mass is 530 g/mol. The van der Waals surface area contributed by atoms with E-state index in [4.69, 9.17) is 9.47 Å². The number of alkyl carbamates (subject to hydrolysis) is 2. The molecule has 3 N–H and O–H groups in total. The van der Waals surface area contributed by atoms with Crippen LogP contribution in [-0.2, 0) is 27.1 Å². The normalized spacial score (nSPS) is 14.1. The van der Waals surface area contributed by atoms with Crippen molar-refractivity contribution in [1.29, 1.82) is 0 Å². The quantitative estimate of drug-likeness (QED) is 0.370. The third-order valence-corrected chi connectivity index (χ3v) is 5.52. The summed E-state index contributed by atoms with van der Waals surface area (Å²) in [5.41, 5.74) is -1.50. The average Bonchev–Trinajstić information content (AvgIpc) is 2.76. The summed E-state index contributed by atoms with van der Waals surface area (Å²) in [6.07, 6.45) is -0.791. The maximum atomic E-state index is 14.8. The molecule has 8 nitrogen and oxygen atoms in total. The van der Waals surface area contributed by atoms with Gasteiger partial charge in [0.15, 0.2) is 0 Å². The number of halogens is 1. The predicted octanol–water partition coefficient (Wildman–Crippen LogP) is 5.93. The molecule has 0 saturated heterocycles. The molecule has 0 spiro atoms. The van der Waals surface area contributed by atoms with Gasteiger partial charge in [0.25, 0.3) is 0 Å². The van der Waals surface area contributed by atoms with E-state index in [1.54, 1.807) is 53.7 Å². The van der Waals surface area contributed by atoms with E-state index in [-0.39, 0.29) is 18.0 Å². The van der Waals surface area contributed by atoms with E-state index >= 15 is 0 Å². The molecule has 38 heavy (non-hydrogen) atoms. The number of carboxylic acid groups (broad SMARTS) is 1. The smallest absolute Gasteiger partial charge is 0.408 e. The van der Waals surface area contributed by atoms with Crippen LogP contribution < -0.4 is 10.6 Å². The molecule has 0 bridgehead atoms. The molecule has 2 atom stereocenters. The average molecular weight is 531 g/mol. The van der Waals surface area contributed by atoms with Crippen LogP contribution in [0.1, 0.15) is 77.6 Å². The minimum absolute atomic E-state index is 0.139. The molecule has 2 unspecified atom stereocenters. The maximum Gasteiger partial charge on any atom is 0.408 e. The first-order valence-electron chi connectivity index (χ1n) is 12.5. The van der Waals surface area contributed by atoms with Gasteiger partial charge >= 0.3 is 18.2 Å². The minimum Gasteiger partial charge on any atom is -0.480 e. The molecular weight excluding hydrogens is 491 g/mol. The lowest BCUT2D eigenvalue weighted by molar-refractivity contribution is -0.144. The second-order valence-corrected chi connectivity index (χ2v) is 11.5. The number of rotatable bonds is 9. The van der Waals surface area contributed by atoms with Crippen LogP contribution in [0, 0.1) is 5.82 Å². The van der Waals surface area contributed by atoms with Gasteiger partial charge in [-0.05, 0) is 84.1 Å². The van der Waals surface area contributed by atoms with Crippen LogP contribution >= 0.6 is 0 Å². The summed E-state index contributed by atoms with van der Waals surface area (Å²) in [5.74, 6) is -1.91. The zero-order valence-corrected chi connectivity index (χ0v) is 23.2. The number of hydrogen-bond acceptors (Lipinski definition) is 5. The summed E-state index contributed by atoms with van der Waals surface area (Å²) in [7, 11) is 0. The van der Waals surface area contributed by atoms with E-state index in [1.807, 2.05) is 30.3 Å². The Balaban J connectivity index is 2.21. The van der Waals surface area contributed by atoms with Crippen LogP contribution in [0.15, 0.2) is 48.5 Å². The lowest BCUT2D eigenvalue weighted by Crippen LogP contribution is -2.55. The third kappa shape index (κ3) is 10.0. The number of benzene rings is 2. The zero-order chi connectivity index (χ0) is 28.7.